The molecule has 0 unspecified atom stereocenters. The Morgan fingerprint density at radius 3 is 2.62 bits per heavy atom. The number of halogens is 3. The van der Waals surface area contributed by atoms with Crippen LogP contribution in [0.15, 0.2) is 72.9 Å². The van der Waals surface area contributed by atoms with Crippen LogP contribution in [0.4, 0.5) is 13.2 Å². The molecule has 2 aromatic carbocycles. The number of nitrogens with one attached hydrogen (secondary N) is 1. The predicted molar refractivity (Wildman–Crippen MR) is 171 cm³/mol. The van der Waals surface area contributed by atoms with Gasteiger partial charge in [-0.3, -0.25) is 9.78 Å². The van der Waals surface area contributed by atoms with Gasteiger partial charge in [0, 0.05) is 6.20 Å². The highest BCUT2D eigenvalue weighted by Gasteiger charge is 2.68. The third-order valence-electron chi connectivity index (χ3n) is 10.2. The summed E-state index contributed by atoms with van der Waals surface area (Å²) >= 11 is 0. The maximum atomic E-state index is 13.2. The van der Waals surface area contributed by atoms with Gasteiger partial charge in [-0.2, -0.15) is 18.4 Å². The molecule has 11 heteroatoms. The number of carbonyl (C=O) groups excluding carboxylic acids is 1. The maximum absolute atomic E-state index is 13.2. The lowest BCUT2D eigenvalue weighted by Gasteiger charge is -2.64. The van der Waals surface area contributed by atoms with Crippen molar-refractivity contribution in [2.45, 2.75) is 70.3 Å². The zero-order valence-corrected chi connectivity index (χ0v) is 26.6. The molecule has 5 atom stereocenters. The monoisotopic (exact) mass is 643 g/mol. The number of ether oxygens (including phenoxy) is 1. The molecule has 3 aliphatic carbocycles. The fourth-order valence-electron chi connectivity index (χ4n) is 7.44. The van der Waals surface area contributed by atoms with Crippen LogP contribution in [-0.4, -0.2) is 42.3 Å². The van der Waals surface area contributed by atoms with Crippen LogP contribution >= 0.6 is 0 Å². The van der Waals surface area contributed by atoms with E-state index >= 15 is 0 Å². The van der Waals surface area contributed by atoms with Crippen LogP contribution in [0, 0.1) is 28.6 Å². The van der Waals surface area contributed by atoms with E-state index in [0.717, 1.165) is 24.5 Å². The van der Waals surface area contributed by atoms with Crippen LogP contribution in [0.5, 0.6) is 5.75 Å². The molecule has 2 heterocycles. The Hall–Kier alpha value is -4.14. The normalized spacial score (nSPS) is 25.3. The minimum atomic E-state index is -4.51. The standard InChI is InChI=1S/C36H37BF3N3O4/c1-34(2)27-19-30(34)35(3)31(20-27)46-37(47-35)32(18-23-8-5-4-6-9-23)43-33(44)14-15-45-28-11-7-10-24(17-28)16-25(21-41)29-13-12-26(22-42-29)36(38,39)40/h4-13,16-17,22,27,30-32H,14-15,18-20H2,1-3H3,(H,43,44)/b25-16+/t27-,30-,31+,32-,35-/m0/s1. The molecule has 1 amide bonds. The average Bonchev–Trinajstić information content (AvgIpc) is 3.41. The number of aromatic nitrogens is 1. The van der Waals surface area contributed by atoms with E-state index in [2.05, 4.69) is 31.1 Å². The van der Waals surface area contributed by atoms with Crippen molar-refractivity contribution in [3.8, 4) is 11.8 Å². The van der Waals surface area contributed by atoms with E-state index in [9.17, 15) is 23.2 Å². The number of carbonyl (C=O) groups is 1. The van der Waals surface area contributed by atoms with E-state index in [-0.39, 0.29) is 53.3 Å². The zero-order valence-electron chi connectivity index (χ0n) is 26.6. The number of rotatable bonds is 10. The van der Waals surface area contributed by atoms with Gasteiger partial charge < -0.3 is 19.4 Å². The second-order valence-corrected chi connectivity index (χ2v) is 13.5. The molecular formula is C36H37BF3N3O4. The van der Waals surface area contributed by atoms with Crippen molar-refractivity contribution in [2.24, 2.45) is 17.3 Å². The number of pyridine rings is 1. The number of nitrogens with zero attached hydrogens (tertiary/aromatic N) is 2. The van der Waals surface area contributed by atoms with Gasteiger partial charge in [-0.05, 0) is 84.9 Å². The van der Waals surface area contributed by atoms with E-state index < -0.39 is 18.9 Å². The Morgan fingerprint density at radius 1 is 1.15 bits per heavy atom. The first-order chi connectivity index (χ1) is 22.4. The molecule has 0 radical (unpaired) electrons. The Bertz CT molecular complexity index is 1680. The summed E-state index contributed by atoms with van der Waals surface area (Å²) in [6.07, 6.45) is 0.466. The molecule has 3 aromatic rings. The van der Waals surface area contributed by atoms with Gasteiger partial charge in [0.25, 0.3) is 0 Å². The molecule has 1 aromatic heterocycles. The van der Waals surface area contributed by atoms with Crippen molar-refractivity contribution in [3.63, 3.8) is 0 Å². The highest BCUT2D eigenvalue weighted by atomic mass is 19.4. The van der Waals surface area contributed by atoms with Gasteiger partial charge in [-0.25, -0.2) is 0 Å². The summed E-state index contributed by atoms with van der Waals surface area (Å²) < 4.78 is 57.8. The van der Waals surface area contributed by atoms with Crippen molar-refractivity contribution < 1.29 is 32.0 Å². The molecule has 47 heavy (non-hydrogen) atoms. The van der Waals surface area contributed by atoms with E-state index in [4.69, 9.17) is 14.0 Å². The maximum Gasteiger partial charge on any atom is 0.482 e. The van der Waals surface area contributed by atoms with E-state index in [1.165, 1.54) is 12.1 Å². The molecule has 0 spiro atoms. The molecule has 244 valence electrons. The molecule has 1 aliphatic heterocycles. The summed E-state index contributed by atoms with van der Waals surface area (Å²) in [7, 11) is -0.567. The number of alkyl halides is 3. The van der Waals surface area contributed by atoms with Gasteiger partial charge in [-0.15, -0.1) is 0 Å². The number of allylic oxidation sites excluding steroid dienone is 1. The molecule has 7 nitrogen and oxygen atoms in total. The number of benzene rings is 2. The van der Waals surface area contributed by atoms with Gasteiger partial charge in [0.1, 0.15) is 11.8 Å². The minimum absolute atomic E-state index is 0.000640. The van der Waals surface area contributed by atoms with Crippen molar-refractivity contribution in [1.82, 2.24) is 10.3 Å². The second-order valence-electron chi connectivity index (χ2n) is 13.5. The summed E-state index contributed by atoms with van der Waals surface area (Å²) in [5.41, 5.74) is 0.822. The van der Waals surface area contributed by atoms with Crippen molar-refractivity contribution in [2.75, 3.05) is 6.61 Å². The smallest absolute Gasteiger partial charge is 0.482 e. The number of amides is 1. The molecule has 2 bridgehead atoms. The van der Waals surface area contributed by atoms with Gasteiger partial charge in [-0.1, -0.05) is 56.3 Å². The first-order valence-corrected chi connectivity index (χ1v) is 15.9. The lowest BCUT2D eigenvalue weighted by Crippen LogP contribution is -2.65. The summed E-state index contributed by atoms with van der Waals surface area (Å²) in [5.74, 6) is 0.926. The minimum Gasteiger partial charge on any atom is -0.493 e. The quantitative estimate of drug-likeness (QED) is 0.190. The Kier molecular flexibility index (Phi) is 8.94. The largest absolute Gasteiger partial charge is 0.493 e. The zero-order chi connectivity index (χ0) is 33.4. The molecular weight excluding hydrogens is 606 g/mol. The van der Waals surface area contributed by atoms with E-state index in [1.54, 1.807) is 24.3 Å². The highest BCUT2D eigenvalue weighted by Crippen LogP contribution is 2.65. The SMILES string of the molecule is CC1(C)[C@@H]2C[C@H]3OB([C@H](Cc4ccccc4)NC(=O)CCOc4cccc(/C=C(\C#N)c5ccc(C(F)(F)F)cn5)c4)O[C@@]3(C)[C@H]1C2. The summed E-state index contributed by atoms with van der Waals surface area (Å²) in [4.78, 5) is 17.0. The van der Waals surface area contributed by atoms with Crippen LogP contribution in [-0.2, 0) is 26.7 Å². The Labute approximate surface area is 273 Å². The average molecular weight is 644 g/mol. The van der Waals surface area contributed by atoms with E-state index in [0.29, 0.717) is 35.8 Å². The van der Waals surface area contributed by atoms with Gasteiger partial charge in [0.2, 0.25) is 5.91 Å². The van der Waals surface area contributed by atoms with Gasteiger partial charge >= 0.3 is 13.3 Å². The number of hydrogen-bond acceptors (Lipinski definition) is 6. The first kappa shape index (κ1) is 32.8. The molecule has 7 rings (SSSR count). The number of nitriles is 1. The van der Waals surface area contributed by atoms with Gasteiger partial charge in [0.15, 0.2) is 0 Å². The topological polar surface area (TPSA) is 93.5 Å². The third-order valence-corrected chi connectivity index (χ3v) is 10.2. The summed E-state index contributed by atoms with van der Waals surface area (Å²) in [6.45, 7) is 6.90. The summed E-state index contributed by atoms with van der Waals surface area (Å²) in [6, 6.07) is 20.9. The Morgan fingerprint density at radius 2 is 1.94 bits per heavy atom. The third kappa shape index (κ3) is 6.81. The fraction of sp³-hybridized carbons (Fsp3) is 0.417. The van der Waals surface area contributed by atoms with Crippen molar-refractivity contribution in [1.29, 1.82) is 5.26 Å². The van der Waals surface area contributed by atoms with Crippen LogP contribution in [0.1, 0.15) is 62.4 Å². The molecule has 1 N–H and O–H groups in total. The van der Waals surface area contributed by atoms with Crippen molar-refractivity contribution >= 4 is 24.7 Å². The molecule has 3 saturated carbocycles. The predicted octanol–water partition coefficient (Wildman–Crippen LogP) is 6.93. The lowest BCUT2D eigenvalue weighted by molar-refractivity contribution is -0.199. The van der Waals surface area contributed by atoms with Gasteiger partial charge in [0.05, 0.1) is 47.5 Å². The Balaban J connectivity index is 1.08. The van der Waals surface area contributed by atoms with E-state index in [1.807, 2.05) is 36.4 Å². The fourth-order valence-corrected chi connectivity index (χ4v) is 7.44. The van der Waals surface area contributed by atoms with Crippen molar-refractivity contribution in [3.05, 3.63) is 95.3 Å². The highest BCUT2D eigenvalue weighted by molar-refractivity contribution is 6.48. The first-order valence-electron chi connectivity index (χ1n) is 15.9. The number of hydrogen-bond donors (Lipinski definition) is 1. The van der Waals surface area contributed by atoms with Crippen LogP contribution < -0.4 is 10.1 Å². The molecule has 4 aliphatic rings. The lowest BCUT2D eigenvalue weighted by atomic mass is 9.43. The molecule has 4 fully saturated rings. The summed E-state index contributed by atoms with van der Waals surface area (Å²) in [5, 5.41) is 12.8. The van der Waals surface area contributed by atoms with Crippen LogP contribution in [0.25, 0.3) is 11.6 Å². The van der Waals surface area contributed by atoms with Crippen LogP contribution in [0.3, 0.4) is 0 Å². The molecule has 1 saturated heterocycles. The second kappa shape index (κ2) is 12.8. The van der Waals surface area contributed by atoms with Crippen LogP contribution in [0.2, 0.25) is 0 Å².